The molecule has 3 aliphatic heterocycles. The highest BCUT2D eigenvalue weighted by molar-refractivity contribution is 7.22. The van der Waals surface area contributed by atoms with Crippen molar-refractivity contribution in [2.45, 2.75) is 42.7 Å². The van der Waals surface area contributed by atoms with Gasteiger partial charge in [-0.05, 0) is 82.4 Å². The van der Waals surface area contributed by atoms with Crippen LogP contribution in [-0.2, 0) is 35.9 Å². The predicted molar refractivity (Wildman–Crippen MR) is 261 cm³/mol. The third-order valence-corrected chi connectivity index (χ3v) is 13.9. The highest BCUT2D eigenvalue weighted by Gasteiger charge is 2.76. The Hall–Kier alpha value is -8.27. The summed E-state index contributed by atoms with van der Waals surface area (Å²) in [5, 5.41) is 34.1. The lowest BCUT2D eigenvalue weighted by atomic mass is 9.65. The lowest BCUT2D eigenvalue weighted by Gasteiger charge is -2.46. The van der Waals surface area contributed by atoms with E-state index in [-0.39, 0.29) is 48.3 Å². The van der Waals surface area contributed by atoms with E-state index in [1.165, 1.54) is 41.7 Å². The zero-order valence-electron chi connectivity index (χ0n) is 37.6. The topological polar surface area (TPSA) is 211 Å². The number of carbonyl (C=O) groups excluding carboxylic acids is 4. The quantitative estimate of drug-likeness (QED) is 0.0460. The molecule has 0 unspecified atom stereocenters. The van der Waals surface area contributed by atoms with Crippen LogP contribution < -0.4 is 15.0 Å². The Bertz CT molecular complexity index is 3220. The number of para-hydroxylation sites is 1. The number of nitrogens with one attached hydrogen (secondary N) is 1. The minimum Gasteiger partial charge on any atom is -0.491 e. The summed E-state index contributed by atoms with van der Waals surface area (Å²) in [4.78, 5) is 81.1. The number of aromatic nitrogens is 1. The second-order valence-electron chi connectivity index (χ2n) is 17.0. The molecule has 356 valence electrons. The van der Waals surface area contributed by atoms with E-state index in [1.807, 2.05) is 83.8 Å². The Kier molecular flexibility index (Phi) is 12.8. The molecular formula is C54H43N5O11S. The van der Waals surface area contributed by atoms with Gasteiger partial charge in [0.15, 0.2) is 5.13 Å². The van der Waals surface area contributed by atoms with E-state index in [0.717, 1.165) is 9.60 Å². The lowest BCUT2D eigenvalue weighted by Crippen LogP contribution is -2.54. The molecule has 3 amide bonds. The maximum Gasteiger partial charge on any atom is 0.421 e. The Morgan fingerprint density at radius 3 is 2.27 bits per heavy atom. The van der Waals surface area contributed by atoms with Crippen LogP contribution in [0.4, 0.5) is 21.3 Å². The van der Waals surface area contributed by atoms with E-state index in [2.05, 4.69) is 17.2 Å². The predicted octanol–water partition coefficient (Wildman–Crippen LogP) is 7.95. The van der Waals surface area contributed by atoms with Crippen LogP contribution in [0.5, 0.6) is 5.75 Å². The summed E-state index contributed by atoms with van der Waals surface area (Å²) in [5.74, 6) is 2.16. The summed E-state index contributed by atoms with van der Waals surface area (Å²) in [7, 11) is 0. The number of aliphatic hydroxyl groups excluding tert-OH is 2. The van der Waals surface area contributed by atoms with Gasteiger partial charge in [0.2, 0.25) is 11.8 Å². The number of ether oxygens (including phenoxy) is 3. The zero-order valence-corrected chi connectivity index (χ0v) is 38.4. The molecule has 1 spiro atoms. The van der Waals surface area contributed by atoms with Crippen molar-refractivity contribution in [3.8, 4) is 17.6 Å². The van der Waals surface area contributed by atoms with Gasteiger partial charge in [0.1, 0.15) is 36.5 Å². The molecular weight excluding hydrogens is 927 g/mol. The molecule has 0 bridgehead atoms. The van der Waals surface area contributed by atoms with E-state index in [1.54, 1.807) is 42.5 Å². The minimum atomic E-state index is -2.19. The van der Waals surface area contributed by atoms with Crippen molar-refractivity contribution in [1.29, 1.82) is 0 Å². The van der Waals surface area contributed by atoms with Gasteiger partial charge in [-0.1, -0.05) is 108 Å². The number of amides is 3. The molecule has 17 heteroatoms. The van der Waals surface area contributed by atoms with Crippen LogP contribution in [0.3, 0.4) is 0 Å². The number of imide groups is 1. The normalized spacial score (nSPS) is 21.2. The number of nitro benzene ring substituents is 1. The first-order valence-corrected chi connectivity index (χ1v) is 23.5. The number of hydrogen-bond donors (Lipinski definition) is 3. The number of cyclic esters (lactones) is 1. The smallest absolute Gasteiger partial charge is 0.421 e. The van der Waals surface area contributed by atoms with Crippen molar-refractivity contribution in [1.82, 2.24) is 9.88 Å². The largest absolute Gasteiger partial charge is 0.491 e. The number of fused-ring (bicyclic) bond motifs is 4. The van der Waals surface area contributed by atoms with Crippen molar-refractivity contribution in [3.63, 3.8) is 0 Å². The number of carbonyl (C=O) groups is 4. The van der Waals surface area contributed by atoms with E-state index < -0.39 is 71.0 Å². The van der Waals surface area contributed by atoms with Crippen LogP contribution >= 0.6 is 11.3 Å². The van der Waals surface area contributed by atoms with Gasteiger partial charge in [0, 0.05) is 24.1 Å². The van der Waals surface area contributed by atoms with Crippen molar-refractivity contribution in [2.24, 2.45) is 5.92 Å². The summed E-state index contributed by atoms with van der Waals surface area (Å²) in [6, 6.07) is 39.2. The molecule has 2 saturated heterocycles. The molecule has 3 aliphatic rings. The van der Waals surface area contributed by atoms with Crippen LogP contribution in [0.2, 0.25) is 0 Å². The number of thiazole rings is 1. The molecule has 4 heterocycles. The van der Waals surface area contributed by atoms with Gasteiger partial charge in [-0.25, -0.2) is 14.7 Å². The molecule has 16 nitrogen and oxygen atoms in total. The van der Waals surface area contributed by atoms with Crippen molar-refractivity contribution in [2.75, 3.05) is 30.0 Å². The highest BCUT2D eigenvalue weighted by Crippen LogP contribution is 2.66. The second kappa shape index (κ2) is 19.6. The van der Waals surface area contributed by atoms with Crippen LogP contribution in [0.15, 0.2) is 152 Å². The Balaban J connectivity index is 1.24. The number of hydrogen-bond acceptors (Lipinski definition) is 14. The number of morpholine rings is 1. The summed E-state index contributed by atoms with van der Waals surface area (Å²) in [6.45, 7) is -0.982. The van der Waals surface area contributed by atoms with E-state index >= 15 is 14.4 Å². The van der Waals surface area contributed by atoms with Gasteiger partial charge in [-0.2, -0.15) is 0 Å². The summed E-state index contributed by atoms with van der Waals surface area (Å²) < 4.78 is 19.2. The molecule has 0 radical (unpaired) electrons. The second-order valence-corrected chi connectivity index (χ2v) is 18.0. The first-order valence-electron chi connectivity index (χ1n) is 22.7. The molecule has 2 fully saturated rings. The van der Waals surface area contributed by atoms with Gasteiger partial charge in [-0.3, -0.25) is 29.4 Å². The SMILES string of the molecule is O=C1O[C@H](c2ccccc2)[C@H](c2ccccc2)N2[C@H]1[C@@H](C(=O)Nc1nc3ccccc3s1)[C@]1(C(=O)N(C(=O)OCc3ccc([N+](=O)[O-])cc3)c3ccc(C#CCCO)cc31)[C@H]2c1cccc(OCCO)c1. The number of anilines is 2. The Morgan fingerprint density at radius 2 is 1.55 bits per heavy atom. The monoisotopic (exact) mass is 969 g/mol. The first-order chi connectivity index (χ1) is 34.6. The van der Waals surface area contributed by atoms with Gasteiger partial charge >= 0.3 is 12.1 Å². The number of non-ortho nitro benzene ring substituents is 1. The summed E-state index contributed by atoms with van der Waals surface area (Å²) in [5.41, 5.74) is 0.989. The average Bonchev–Trinajstić information content (AvgIpc) is 4.03. The molecule has 0 saturated carbocycles. The number of nitro groups is 1. The molecule has 0 aliphatic carbocycles. The first kappa shape index (κ1) is 46.5. The molecule has 6 aromatic carbocycles. The van der Waals surface area contributed by atoms with E-state index in [4.69, 9.17) is 19.2 Å². The van der Waals surface area contributed by atoms with Crippen LogP contribution in [-0.4, -0.2) is 74.8 Å². The number of esters is 1. The molecule has 3 N–H and O–H groups in total. The van der Waals surface area contributed by atoms with Crippen LogP contribution in [0.25, 0.3) is 10.2 Å². The van der Waals surface area contributed by atoms with Gasteiger partial charge in [0.05, 0.1) is 52.0 Å². The number of aliphatic hydroxyl groups is 2. The zero-order chi connectivity index (χ0) is 49.2. The standard InChI is InChI=1S/C54H43N5O11S/c60-27-10-9-12-33-23-26-42-40(30-33)54(51(64)57(42)53(65)69-32-34-21-24-38(25-22-34)59(66)67)44(49(62)56-52-55-41-19-7-8-20-43(41)71-52)46-50(63)70-47(36-15-5-2-6-16-36)45(35-13-3-1-4-14-35)58(46)48(54)37-17-11-18-39(31-37)68-29-28-61/h1-8,11,13-26,30-31,44-48,60-61H,10,27-29,32H2,(H,55,56,62)/t44-,45-,46-,47+,48+,54-/m0/s1. The lowest BCUT2D eigenvalue weighted by molar-refractivity contribution is -0.384. The Morgan fingerprint density at radius 1 is 0.831 bits per heavy atom. The van der Waals surface area contributed by atoms with E-state index in [0.29, 0.717) is 39.1 Å². The minimum absolute atomic E-state index is 0.0518. The van der Waals surface area contributed by atoms with Crippen molar-refractivity contribution < 1.29 is 48.5 Å². The molecule has 1 aromatic heterocycles. The highest BCUT2D eigenvalue weighted by atomic mass is 32.1. The fraction of sp³-hybridized carbons (Fsp3) is 0.204. The maximum absolute atomic E-state index is 16.6. The molecule has 71 heavy (non-hydrogen) atoms. The van der Waals surface area contributed by atoms with Gasteiger partial charge in [0.25, 0.3) is 5.69 Å². The van der Waals surface area contributed by atoms with Crippen LogP contribution in [0, 0.1) is 27.9 Å². The van der Waals surface area contributed by atoms with Crippen molar-refractivity contribution >= 4 is 61.9 Å². The molecule has 10 rings (SSSR count). The van der Waals surface area contributed by atoms with Crippen molar-refractivity contribution in [3.05, 3.63) is 195 Å². The molecule has 7 aromatic rings. The third kappa shape index (κ3) is 8.42. The van der Waals surface area contributed by atoms with Crippen LogP contribution in [0.1, 0.15) is 58.0 Å². The van der Waals surface area contributed by atoms with Gasteiger partial charge in [-0.15, -0.1) is 0 Å². The summed E-state index contributed by atoms with van der Waals surface area (Å²) >= 11 is 1.20. The summed E-state index contributed by atoms with van der Waals surface area (Å²) in [6.07, 6.45) is -1.99. The fourth-order valence-corrected chi connectivity index (χ4v) is 11.0. The number of benzene rings is 6. The van der Waals surface area contributed by atoms with Gasteiger partial charge < -0.3 is 29.7 Å². The molecule has 6 atom stereocenters. The third-order valence-electron chi connectivity index (χ3n) is 13.0. The average molecular weight is 970 g/mol. The maximum atomic E-state index is 16.6. The van der Waals surface area contributed by atoms with E-state index in [9.17, 15) is 25.1 Å². The fourth-order valence-electron chi connectivity index (χ4n) is 10.2. The number of rotatable bonds is 12. The Labute approximate surface area is 410 Å². The number of nitrogens with zero attached hydrogens (tertiary/aromatic N) is 4.